The maximum Gasteiger partial charge on any atom is 0.208 e. The van der Waals surface area contributed by atoms with Gasteiger partial charge in [0.25, 0.3) is 0 Å². The zero-order valence-corrected chi connectivity index (χ0v) is 24.5. The van der Waals surface area contributed by atoms with Crippen molar-refractivity contribution in [1.82, 2.24) is 33.9 Å². The Kier molecular flexibility index (Phi) is 6.82. The summed E-state index contributed by atoms with van der Waals surface area (Å²) in [5.74, 6) is 0.804. The monoisotopic (exact) mass is 567 g/mol. The van der Waals surface area contributed by atoms with Crippen LogP contribution in [0.2, 0.25) is 0 Å². The van der Waals surface area contributed by atoms with Crippen LogP contribution in [0.5, 0.6) is 0 Å². The Morgan fingerprint density at radius 2 is 1.62 bits per heavy atom. The first-order valence-electron chi connectivity index (χ1n) is 14.9. The molecule has 1 saturated heterocycles. The van der Waals surface area contributed by atoms with Crippen molar-refractivity contribution in [2.75, 3.05) is 44.3 Å². The van der Waals surface area contributed by atoms with E-state index in [4.69, 9.17) is 10.7 Å². The number of nitrogens with zero attached hydrogens (tertiary/aromatic N) is 7. The molecule has 10 heteroatoms. The second-order valence-corrected chi connectivity index (χ2v) is 12.0. The topological polar surface area (TPSA) is 93.1 Å². The van der Waals surface area contributed by atoms with Crippen LogP contribution in [0.1, 0.15) is 37.3 Å². The van der Waals surface area contributed by atoms with Crippen LogP contribution in [0.3, 0.4) is 0 Å². The van der Waals surface area contributed by atoms with Crippen LogP contribution in [0, 0.1) is 12.7 Å². The number of aromatic nitrogens is 5. The van der Waals surface area contributed by atoms with E-state index >= 15 is 0 Å². The van der Waals surface area contributed by atoms with Crippen LogP contribution in [0.25, 0.3) is 33.2 Å². The number of benzene rings is 2. The van der Waals surface area contributed by atoms with Crippen molar-refractivity contribution < 1.29 is 4.39 Å². The molecule has 0 radical (unpaired) electrons. The molecule has 2 aromatic carbocycles. The second kappa shape index (κ2) is 10.7. The number of fused-ring (bicyclic) bond motifs is 2. The van der Waals surface area contributed by atoms with Gasteiger partial charge in [-0.05, 0) is 69.0 Å². The zero-order valence-electron chi connectivity index (χ0n) is 24.5. The van der Waals surface area contributed by atoms with Gasteiger partial charge in [0.05, 0.1) is 10.9 Å². The maximum absolute atomic E-state index is 14.7. The molecule has 7 rings (SSSR count). The van der Waals surface area contributed by atoms with Gasteiger partial charge in [-0.1, -0.05) is 18.2 Å². The number of anilines is 3. The minimum Gasteiger partial charge on any atom is -0.383 e. The first kappa shape index (κ1) is 26.9. The number of nitrogens with one attached hydrogen (secondary N) is 1. The highest BCUT2D eigenvalue weighted by Crippen LogP contribution is 2.39. The van der Waals surface area contributed by atoms with Crippen LogP contribution in [0.4, 0.5) is 21.8 Å². The number of nitrogens with two attached hydrogens (primary N) is 1. The summed E-state index contributed by atoms with van der Waals surface area (Å²) in [6.07, 6.45) is 8.46. The van der Waals surface area contributed by atoms with Gasteiger partial charge in [0.1, 0.15) is 23.3 Å². The SMILES string of the molecule is Cc1ccc2c(nc(Nc3ccc(-c4cn(C5CCC(N6CCN(C)CC6)CC5)c5ncnc(N)c45)cc3)n2C)c1F. The minimum absolute atomic E-state index is 0.282. The average molecular weight is 568 g/mol. The number of nitrogen functional groups attached to an aromatic ring is 1. The maximum atomic E-state index is 14.7. The van der Waals surface area contributed by atoms with Gasteiger partial charge in [-0.15, -0.1) is 0 Å². The van der Waals surface area contributed by atoms with Gasteiger partial charge in [-0.25, -0.2) is 19.3 Å². The summed E-state index contributed by atoms with van der Waals surface area (Å²) in [5, 5.41) is 4.25. The van der Waals surface area contributed by atoms with E-state index < -0.39 is 0 Å². The predicted molar refractivity (Wildman–Crippen MR) is 166 cm³/mol. The molecule has 1 aliphatic carbocycles. The van der Waals surface area contributed by atoms with E-state index in [-0.39, 0.29) is 5.82 Å². The number of likely N-dealkylation sites (N-methyl/N-ethyl adjacent to an activating group) is 1. The van der Waals surface area contributed by atoms with Gasteiger partial charge in [0.2, 0.25) is 5.95 Å². The zero-order chi connectivity index (χ0) is 29.0. The number of hydrogen-bond acceptors (Lipinski definition) is 7. The Morgan fingerprint density at radius 1 is 0.905 bits per heavy atom. The van der Waals surface area contributed by atoms with Gasteiger partial charge >= 0.3 is 0 Å². The van der Waals surface area contributed by atoms with Crippen molar-refractivity contribution in [2.45, 2.75) is 44.7 Å². The number of hydrogen-bond donors (Lipinski definition) is 2. The molecule has 1 aliphatic heterocycles. The molecule has 2 fully saturated rings. The molecular formula is C32H38FN9. The molecule has 3 aromatic heterocycles. The standard InChI is InChI=1S/C32H38FN9/c1-20-4-13-26-29(28(20)33)38-32(40(26)3)37-22-7-5-21(6-8-22)25-18-42(31-27(25)30(34)35-19-36-31)24-11-9-23(10-12-24)41-16-14-39(2)15-17-41/h4-8,13,18-19,23-24H,9-12,14-17H2,1-3H3,(H,37,38)(H2,34,35,36). The Hall–Kier alpha value is -4.02. The lowest BCUT2D eigenvalue weighted by Gasteiger charge is -2.41. The van der Waals surface area contributed by atoms with Crippen molar-refractivity contribution in [3.05, 3.63) is 60.3 Å². The van der Waals surface area contributed by atoms with Crippen molar-refractivity contribution in [3.63, 3.8) is 0 Å². The lowest BCUT2D eigenvalue weighted by Crippen LogP contribution is -2.49. The smallest absolute Gasteiger partial charge is 0.208 e. The molecule has 3 N–H and O–H groups in total. The molecule has 0 amide bonds. The normalized spacial score (nSPS) is 20.5. The summed E-state index contributed by atoms with van der Waals surface area (Å²) >= 11 is 0. The molecule has 9 nitrogen and oxygen atoms in total. The predicted octanol–water partition coefficient (Wildman–Crippen LogP) is 5.49. The van der Waals surface area contributed by atoms with Crippen molar-refractivity contribution in [3.8, 4) is 11.1 Å². The molecule has 0 unspecified atom stereocenters. The molecule has 1 saturated carbocycles. The molecule has 2 aliphatic rings. The summed E-state index contributed by atoms with van der Waals surface area (Å²) in [7, 11) is 4.10. The Labute approximate surface area is 245 Å². The third kappa shape index (κ3) is 4.68. The van der Waals surface area contributed by atoms with Gasteiger partial charge in [0.15, 0.2) is 5.82 Å². The van der Waals surface area contributed by atoms with Crippen LogP contribution < -0.4 is 11.1 Å². The number of imidazole rings is 1. The second-order valence-electron chi connectivity index (χ2n) is 12.0. The molecule has 0 bridgehead atoms. The fourth-order valence-electron chi connectivity index (χ4n) is 6.80. The summed E-state index contributed by atoms with van der Waals surface area (Å²) in [6.45, 7) is 6.41. The summed E-state index contributed by atoms with van der Waals surface area (Å²) < 4.78 is 18.9. The van der Waals surface area contributed by atoms with E-state index in [0.29, 0.717) is 34.9 Å². The molecular weight excluding hydrogens is 529 g/mol. The van der Waals surface area contributed by atoms with Gasteiger partial charge in [0, 0.05) is 62.8 Å². The number of halogens is 1. The van der Waals surface area contributed by atoms with Gasteiger partial charge < -0.3 is 25.1 Å². The highest BCUT2D eigenvalue weighted by Gasteiger charge is 2.30. The van der Waals surface area contributed by atoms with E-state index in [1.165, 1.54) is 25.9 Å². The first-order valence-corrected chi connectivity index (χ1v) is 14.9. The van der Waals surface area contributed by atoms with Crippen molar-refractivity contribution >= 4 is 39.5 Å². The van der Waals surface area contributed by atoms with E-state index in [1.54, 1.807) is 19.3 Å². The largest absolute Gasteiger partial charge is 0.383 e. The number of rotatable bonds is 5. The molecule has 0 spiro atoms. The summed E-state index contributed by atoms with van der Waals surface area (Å²) in [5.41, 5.74) is 12.0. The quantitative estimate of drug-likeness (QED) is 0.290. The van der Waals surface area contributed by atoms with E-state index in [9.17, 15) is 4.39 Å². The first-order chi connectivity index (χ1) is 20.4. The number of aryl methyl sites for hydroxylation is 2. The van der Waals surface area contributed by atoms with E-state index in [0.717, 1.165) is 59.3 Å². The minimum atomic E-state index is -0.282. The molecule has 4 heterocycles. The van der Waals surface area contributed by atoms with Crippen LogP contribution in [0.15, 0.2) is 48.9 Å². The van der Waals surface area contributed by atoms with E-state index in [2.05, 4.69) is 55.0 Å². The molecule has 42 heavy (non-hydrogen) atoms. The Balaban J connectivity index is 1.13. The molecule has 5 aromatic rings. The fourth-order valence-corrected chi connectivity index (χ4v) is 6.80. The van der Waals surface area contributed by atoms with Crippen LogP contribution >= 0.6 is 0 Å². The van der Waals surface area contributed by atoms with Crippen LogP contribution in [-0.2, 0) is 7.05 Å². The van der Waals surface area contributed by atoms with Crippen LogP contribution in [-0.4, -0.2) is 73.2 Å². The Morgan fingerprint density at radius 3 is 2.36 bits per heavy atom. The average Bonchev–Trinajstić information content (AvgIpc) is 3.55. The van der Waals surface area contributed by atoms with Crippen molar-refractivity contribution in [1.29, 1.82) is 0 Å². The lowest BCUT2D eigenvalue weighted by atomic mass is 9.89. The fraction of sp³-hybridized carbons (Fsp3) is 0.406. The highest BCUT2D eigenvalue weighted by molar-refractivity contribution is 6.00. The highest BCUT2D eigenvalue weighted by atomic mass is 19.1. The summed E-state index contributed by atoms with van der Waals surface area (Å²) in [6, 6.07) is 12.9. The Bertz CT molecular complexity index is 1740. The molecule has 218 valence electrons. The van der Waals surface area contributed by atoms with Gasteiger partial charge in [-0.2, -0.15) is 0 Å². The van der Waals surface area contributed by atoms with E-state index in [1.807, 2.05) is 29.8 Å². The van der Waals surface area contributed by atoms with Crippen molar-refractivity contribution in [2.24, 2.45) is 7.05 Å². The lowest BCUT2D eigenvalue weighted by molar-refractivity contribution is 0.0828. The number of piperazine rings is 1. The molecule has 0 atom stereocenters. The summed E-state index contributed by atoms with van der Waals surface area (Å²) in [4.78, 5) is 18.7. The third-order valence-corrected chi connectivity index (χ3v) is 9.39. The van der Waals surface area contributed by atoms with Gasteiger partial charge in [-0.3, -0.25) is 4.90 Å². The third-order valence-electron chi connectivity index (χ3n) is 9.39.